The highest BCUT2D eigenvalue weighted by Gasteiger charge is 2.02. The second-order valence-electron chi connectivity index (χ2n) is 3.95. The van der Waals surface area contributed by atoms with Gasteiger partial charge < -0.3 is 9.72 Å². The first-order chi connectivity index (χ1) is 8.33. The molecule has 17 heavy (non-hydrogen) atoms. The topological polar surface area (TPSA) is 37.9 Å². The van der Waals surface area contributed by atoms with Crippen molar-refractivity contribution in [2.45, 2.75) is 26.7 Å². The van der Waals surface area contributed by atoms with Gasteiger partial charge in [0.05, 0.1) is 18.5 Å². The maximum absolute atomic E-state index is 5.41. The van der Waals surface area contributed by atoms with E-state index in [4.69, 9.17) is 4.74 Å². The van der Waals surface area contributed by atoms with E-state index in [0.29, 0.717) is 6.61 Å². The molecule has 0 aliphatic carbocycles. The molecule has 0 bridgehead atoms. The van der Waals surface area contributed by atoms with Gasteiger partial charge in [-0.15, -0.1) is 0 Å². The molecule has 90 valence electrons. The highest BCUT2D eigenvalue weighted by atomic mass is 16.5. The first kappa shape index (κ1) is 11.7. The molecule has 0 aliphatic heterocycles. The highest BCUT2D eigenvalue weighted by Crippen LogP contribution is 2.21. The number of hydrogen-bond acceptors (Lipinski definition) is 2. The zero-order valence-corrected chi connectivity index (χ0v) is 10.4. The van der Waals surface area contributed by atoms with E-state index in [1.807, 2.05) is 37.4 Å². The number of ether oxygens (including phenoxy) is 1. The number of nitrogens with zero attached hydrogens (tertiary/aromatic N) is 1. The number of H-pyrrole nitrogens is 1. The summed E-state index contributed by atoms with van der Waals surface area (Å²) in [7, 11) is 0. The minimum atomic E-state index is 0.698. The Kier molecular flexibility index (Phi) is 3.81. The molecular weight excluding hydrogens is 212 g/mol. The third-order valence-electron chi connectivity index (χ3n) is 2.59. The minimum absolute atomic E-state index is 0.698. The van der Waals surface area contributed by atoms with Crippen LogP contribution in [0.1, 0.15) is 26.1 Å². The lowest BCUT2D eigenvalue weighted by Crippen LogP contribution is -1.90. The van der Waals surface area contributed by atoms with Crippen LogP contribution in [0.25, 0.3) is 11.3 Å². The average molecular weight is 230 g/mol. The third kappa shape index (κ3) is 2.87. The zero-order valence-electron chi connectivity index (χ0n) is 10.4. The van der Waals surface area contributed by atoms with Crippen LogP contribution in [0, 0.1) is 0 Å². The Balaban J connectivity index is 2.15. The normalized spacial score (nSPS) is 10.5. The van der Waals surface area contributed by atoms with Crippen LogP contribution in [0.5, 0.6) is 5.75 Å². The Labute approximate surface area is 102 Å². The largest absolute Gasteiger partial charge is 0.494 e. The molecule has 0 radical (unpaired) electrons. The molecule has 1 N–H and O–H groups in total. The molecule has 0 spiro atoms. The maximum Gasteiger partial charge on any atom is 0.119 e. The maximum atomic E-state index is 5.41. The number of aryl methyl sites for hydroxylation is 1. The summed E-state index contributed by atoms with van der Waals surface area (Å²) in [5, 5.41) is 0. The van der Waals surface area contributed by atoms with Crippen molar-refractivity contribution < 1.29 is 4.74 Å². The van der Waals surface area contributed by atoms with Crippen molar-refractivity contribution >= 4 is 0 Å². The van der Waals surface area contributed by atoms with Crippen LogP contribution < -0.4 is 4.74 Å². The second kappa shape index (κ2) is 5.53. The van der Waals surface area contributed by atoms with Gasteiger partial charge in [0.1, 0.15) is 11.6 Å². The van der Waals surface area contributed by atoms with Gasteiger partial charge >= 0.3 is 0 Å². The van der Waals surface area contributed by atoms with E-state index in [1.54, 1.807) is 0 Å². The molecule has 0 aliphatic rings. The summed E-state index contributed by atoms with van der Waals surface area (Å²) in [6.07, 6.45) is 3.99. The van der Waals surface area contributed by atoms with Crippen molar-refractivity contribution in [3.63, 3.8) is 0 Å². The lowest BCUT2D eigenvalue weighted by Gasteiger charge is -2.03. The molecule has 0 atom stereocenters. The van der Waals surface area contributed by atoms with E-state index in [2.05, 4.69) is 16.9 Å². The highest BCUT2D eigenvalue weighted by molar-refractivity contribution is 5.59. The van der Waals surface area contributed by atoms with E-state index in [0.717, 1.165) is 35.7 Å². The summed E-state index contributed by atoms with van der Waals surface area (Å²) in [4.78, 5) is 7.68. The van der Waals surface area contributed by atoms with E-state index in [-0.39, 0.29) is 0 Å². The van der Waals surface area contributed by atoms with Crippen molar-refractivity contribution in [1.29, 1.82) is 0 Å². The van der Waals surface area contributed by atoms with Gasteiger partial charge in [-0.2, -0.15) is 0 Å². The molecule has 0 saturated heterocycles. The molecule has 0 fully saturated rings. The zero-order chi connectivity index (χ0) is 12.1. The van der Waals surface area contributed by atoms with Gasteiger partial charge in [-0.3, -0.25) is 0 Å². The molecule has 2 rings (SSSR count). The van der Waals surface area contributed by atoms with Gasteiger partial charge in [-0.05, 0) is 43.2 Å². The van der Waals surface area contributed by atoms with Crippen LogP contribution in [-0.2, 0) is 6.42 Å². The number of imidazole rings is 1. The molecule has 1 aromatic carbocycles. The number of hydrogen-bond donors (Lipinski definition) is 1. The predicted molar refractivity (Wildman–Crippen MR) is 69.2 cm³/mol. The van der Waals surface area contributed by atoms with Gasteiger partial charge in [0.15, 0.2) is 0 Å². The monoisotopic (exact) mass is 230 g/mol. The van der Waals surface area contributed by atoms with Crippen LogP contribution in [0.4, 0.5) is 0 Å². The number of aromatic nitrogens is 2. The first-order valence-corrected chi connectivity index (χ1v) is 6.10. The molecule has 0 amide bonds. The van der Waals surface area contributed by atoms with Crippen LogP contribution in [0.3, 0.4) is 0 Å². The fraction of sp³-hybridized carbons (Fsp3) is 0.357. The van der Waals surface area contributed by atoms with Crippen molar-refractivity contribution in [2.75, 3.05) is 6.61 Å². The Morgan fingerprint density at radius 1 is 1.18 bits per heavy atom. The number of benzene rings is 1. The molecule has 2 aromatic rings. The molecule has 1 heterocycles. The third-order valence-corrected chi connectivity index (χ3v) is 2.59. The predicted octanol–water partition coefficient (Wildman–Crippen LogP) is 3.43. The van der Waals surface area contributed by atoms with Crippen LogP contribution in [-0.4, -0.2) is 16.6 Å². The Bertz CT molecular complexity index is 459. The van der Waals surface area contributed by atoms with E-state index in [1.165, 1.54) is 0 Å². The van der Waals surface area contributed by atoms with Crippen molar-refractivity contribution in [3.8, 4) is 17.0 Å². The Hall–Kier alpha value is -1.77. The van der Waals surface area contributed by atoms with E-state index >= 15 is 0 Å². The quantitative estimate of drug-likeness (QED) is 0.854. The first-order valence-electron chi connectivity index (χ1n) is 6.10. The number of aromatic amines is 1. The van der Waals surface area contributed by atoms with Crippen molar-refractivity contribution in [2.24, 2.45) is 0 Å². The summed E-state index contributed by atoms with van der Waals surface area (Å²) in [6.45, 7) is 4.84. The summed E-state index contributed by atoms with van der Waals surface area (Å²) >= 11 is 0. The lowest BCUT2D eigenvalue weighted by molar-refractivity contribution is 0.340. The van der Waals surface area contributed by atoms with Gasteiger partial charge in [-0.25, -0.2) is 4.98 Å². The summed E-state index contributed by atoms with van der Waals surface area (Å²) in [5.41, 5.74) is 2.21. The van der Waals surface area contributed by atoms with Gasteiger partial charge in [0.2, 0.25) is 0 Å². The standard InChI is InChI=1S/C14H18N2O/c1-3-5-14-15-10-13(16-14)11-6-8-12(9-7-11)17-4-2/h6-10H,3-5H2,1-2H3,(H,15,16). The number of rotatable bonds is 5. The lowest BCUT2D eigenvalue weighted by atomic mass is 10.2. The van der Waals surface area contributed by atoms with Crippen molar-refractivity contribution in [3.05, 3.63) is 36.3 Å². The van der Waals surface area contributed by atoms with Crippen LogP contribution in [0.2, 0.25) is 0 Å². The summed E-state index contributed by atoms with van der Waals surface area (Å²) in [6, 6.07) is 8.07. The second-order valence-corrected chi connectivity index (χ2v) is 3.95. The fourth-order valence-corrected chi connectivity index (χ4v) is 1.77. The SMILES string of the molecule is CCCc1ncc(-c2ccc(OCC)cc2)[nH]1. The van der Waals surface area contributed by atoms with Crippen LogP contribution >= 0.6 is 0 Å². The summed E-state index contributed by atoms with van der Waals surface area (Å²) in [5.74, 6) is 1.96. The van der Waals surface area contributed by atoms with Crippen LogP contribution in [0.15, 0.2) is 30.5 Å². The van der Waals surface area contributed by atoms with Gasteiger partial charge in [-0.1, -0.05) is 6.92 Å². The van der Waals surface area contributed by atoms with E-state index < -0.39 is 0 Å². The Morgan fingerprint density at radius 3 is 2.59 bits per heavy atom. The molecule has 3 nitrogen and oxygen atoms in total. The Morgan fingerprint density at radius 2 is 1.94 bits per heavy atom. The molecule has 0 saturated carbocycles. The van der Waals surface area contributed by atoms with E-state index in [9.17, 15) is 0 Å². The summed E-state index contributed by atoms with van der Waals surface area (Å²) < 4.78 is 5.41. The molecule has 0 unspecified atom stereocenters. The molecular formula is C14H18N2O. The fourth-order valence-electron chi connectivity index (χ4n) is 1.77. The smallest absolute Gasteiger partial charge is 0.119 e. The molecule has 3 heteroatoms. The van der Waals surface area contributed by atoms with Gasteiger partial charge in [0, 0.05) is 6.42 Å². The number of nitrogens with one attached hydrogen (secondary N) is 1. The minimum Gasteiger partial charge on any atom is -0.494 e. The molecule has 1 aromatic heterocycles. The van der Waals surface area contributed by atoms with Crippen molar-refractivity contribution in [1.82, 2.24) is 9.97 Å². The average Bonchev–Trinajstić information content (AvgIpc) is 2.80. The van der Waals surface area contributed by atoms with Gasteiger partial charge in [0.25, 0.3) is 0 Å².